The lowest BCUT2D eigenvalue weighted by atomic mass is 10.0. The number of ether oxygens (including phenoxy) is 2. The molecule has 1 saturated heterocycles. The van der Waals surface area contributed by atoms with Crippen molar-refractivity contribution in [3.05, 3.63) is 42.4 Å². The smallest absolute Gasteiger partial charge is 0.138 e. The summed E-state index contributed by atoms with van der Waals surface area (Å²) in [6.45, 7) is 8.29. The largest absolute Gasteiger partial charge is 0.492 e. The van der Waals surface area contributed by atoms with Gasteiger partial charge in [-0.3, -0.25) is 4.99 Å². The molecule has 0 radical (unpaired) electrons. The van der Waals surface area contributed by atoms with E-state index < -0.39 is 0 Å². The summed E-state index contributed by atoms with van der Waals surface area (Å²) >= 11 is 0. The van der Waals surface area contributed by atoms with Crippen LogP contribution in [0.3, 0.4) is 0 Å². The molecular weight excluding hydrogens is 380 g/mol. The number of nitrogens with zero attached hydrogens (tertiary/aromatic N) is 5. The van der Waals surface area contributed by atoms with Crippen molar-refractivity contribution >= 4 is 18.1 Å². The number of rotatable bonds is 7. The summed E-state index contributed by atoms with van der Waals surface area (Å²) in [6, 6.07) is 6.23. The zero-order valence-electron chi connectivity index (χ0n) is 17.5. The number of piperidine rings is 1. The van der Waals surface area contributed by atoms with E-state index in [1.807, 2.05) is 42.2 Å². The second-order valence-electron chi connectivity index (χ2n) is 7.44. The zero-order chi connectivity index (χ0) is 21.1. The van der Waals surface area contributed by atoms with E-state index in [-0.39, 0.29) is 12.1 Å². The second-order valence-corrected chi connectivity index (χ2v) is 7.44. The molecule has 8 nitrogen and oxygen atoms in total. The molecule has 0 amide bonds. The van der Waals surface area contributed by atoms with Gasteiger partial charge < -0.3 is 20.1 Å². The molecule has 0 unspecified atom stereocenters. The molecule has 2 N–H and O–H groups in total. The number of aromatic nitrogens is 3. The Morgan fingerprint density at radius 1 is 1.33 bits per heavy atom. The van der Waals surface area contributed by atoms with E-state index in [0.29, 0.717) is 13.2 Å². The molecule has 3 aromatic heterocycles. The molecule has 8 heteroatoms. The van der Waals surface area contributed by atoms with Gasteiger partial charge in [0, 0.05) is 49.1 Å². The summed E-state index contributed by atoms with van der Waals surface area (Å²) in [5.41, 5.74) is 10.1. The minimum absolute atomic E-state index is 0.0171. The Bertz CT molecular complexity index is 1020. The molecule has 4 rings (SSSR count). The lowest BCUT2D eigenvalue weighted by Crippen LogP contribution is -2.51. The molecule has 1 aliphatic rings. The van der Waals surface area contributed by atoms with Gasteiger partial charge in [0.1, 0.15) is 11.6 Å². The minimum Gasteiger partial charge on any atom is -0.492 e. The highest BCUT2D eigenvalue weighted by molar-refractivity contribution is 5.83. The Morgan fingerprint density at radius 3 is 2.90 bits per heavy atom. The third-order valence-corrected chi connectivity index (χ3v) is 5.55. The van der Waals surface area contributed by atoms with Crippen molar-refractivity contribution in [2.24, 2.45) is 10.7 Å². The number of hydrogen-bond donors (Lipinski definition) is 1. The highest BCUT2D eigenvalue weighted by atomic mass is 16.5. The molecule has 2 atom stereocenters. The Labute approximate surface area is 176 Å². The van der Waals surface area contributed by atoms with Crippen LogP contribution in [-0.4, -0.2) is 60.3 Å². The van der Waals surface area contributed by atoms with Crippen molar-refractivity contribution in [1.82, 2.24) is 14.6 Å². The van der Waals surface area contributed by atoms with Gasteiger partial charge in [0.15, 0.2) is 0 Å². The average molecular weight is 409 g/mol. The van der Waals surface area contributed by atoms with Gasteiger partial charge in [-0.1, -0.05) is 0 Å². The van der Waals surface area contributed by atoms with Crippen molar-refractivity contribution in [3.8, 4) is 16.9 Å². The fraction of sp³-hybridized carbons (Fsp3) is 0.409. The Morgan fingerprint density at radius 2 is 2.20 bits per heavy atom. The first kappa shape index (κ1) is 20.3. The van der Waals surface area contributed by atoms with Crippen molar-refractivity contribution in [2.45, 2.75) is 32.0 Å². The predicted octanol–water partition coefficient (Wildman–Crippen LogP) is 2.55. The molecule has 30 heavy (non-hydrogen) atoms. The zero-order valence-corrected chi connectivity index (χ0v) is 17.5. The van der Waals surface area contributed by atoms with Crippen LogP contribution in [0.4, 0.5) is 5.82 Å². The topological polar surface area (TPSA) is 90.3 Å². The molecule has 3 aromatic rings. The summed E-state index contributed by atoms with van der Waals surface area (Å²) in [4.78, 5) is 11.0. The number of methoxy groups -OCH3 is 1. The van der Waals surface area contributed by atoms with Crippen molar-refractivity contribution in [3.63, 3.8) is 0 Å². The maximum absolute atomic E-state index is 6.15. The lowest BCUT2D eigenvalue weighted by molar-refractivity contribution is 0.0728. The van der Waals surface area contributed by atoms with E-state index in [1.54, 1.807) is 7.11 Å². The number of anilines is 1. The molecule has 0 spiro atoms. The monoisotopic (exact) mass is 408 g/mol. The van der Waals surface area contributed by atoms with Gasteiger partial charge in [0.25, 0.3) is 0 Å². The van der Waals surface area contributed by atoms with E-state index in [4.69, 9.17) is 20.2 Å². The van der Waals surface area contributed by atoms with Crippen LogP contribution in [0.2, 0.25) is 0 Å². The molecular formula is C22H28N6O2. The summed E-state index contributed by atoms with van der Waals surface area (Å²) in [5.74, 6) is 1.68. The van der Waals surface area contributed by atoms with E-state index in [2.05, 4.69) is 27.8 Å². The van der Waals surface area contributed by atoms with E-state index >= 15 is 0 Å². The first-order valence-corrected chi connectivity index (χ1v) is 10.2. The Balaban J connectivity index is 1.69. The van der Waals surface area contributed by atoms with Gasteiger partial charge in [0.2, 0.25) is 0 Å². The Kier molecular flexibility index (Phi) is 5.96. The highest BCUT2D eigenvalue weighted by Crippen LogP contribution is 2.32. The summed E-state index contributed by atoms with van der Waals surface area (Å²) in [7, 11) is 1.71. The van der Waals surface area contributed by atoms with Gasteiger partial charge in [-0.15, -0.1) is 0 Å². The third-order valence-electron chi connectivity index (χ3n) is 5.55. The van der Waals surface area contributed by atoms with Gasteiger partial charge in [0.05, 0.1) is 37.2 Å². The number of nitrogens with two attached hydrogens (primary N) is 1. The molecule has 0 aliphatic carbocycles. The number of aliphatic imine (C=N–C) groups is 1. The van der Waals surface area contributed by atoms with Crippen LogP contribution in [0.25, 0.3) is 16.6 Å². The van der Waals surface area contributed by atoms with Gasteiger partial charge in [-0.2, -0.15) is 5.10 Å². The summed E-state index contributed by atoms with van der Waals surface area (Å²) < 4.78 is 13.1. The molecule has 0 saturated carbocycles. The van der Waals surface area contributed by atoms with E-state index in [1.165, 1.54) is 0 Å². The first-order valence-electron chi connectivity index (χ1n) is 10.2. The quantitative estimate of drug-likeness (QED) is 0.604. The van der Waals surface area contributed by atoms with Crippen LogP contribution in [-0.2, 0) is 11.3 Å². The second kappa shape index (κ2) is 8.81. The van der Waals surface area contributed by atoms with Crippen LogP contribution in [0, 0.1) is 0 Å². The fourth-order valence-electron chi connectivity index (χ4n) is 3.99. The van der Waals surface area contributed by atoms with Crippen LogP contribution >= 0.6 is 0 Å². The van der Waals surface area contributed by atoms with Crippen LogP contribution in [0.1, 0.15) is 18.9 Å². The van der Waals surface area contributed by atoms with E-state index in [9.17, 15) is 0 Å². The van der Waals surface area contributed by atoms with Crippen LogP contribution < -0.4 is 15.4 Å². The predicted molar refractivity (Wildman–Crippen MR) is 118 cm³/mol. The van der Waals surface area contributed by atoms with Crippen molar-refractivity contribution in [2.75, 3.05) is 31.7 Å². The summed E-state index contributed by atoms with van der Waals surface area (Å²) in [6.07, 6.45) is 6.51. The van der Waals surface area contributed by atoms with Crippen LogP contribution in [0.15, 0.2) is 41.8 Å². The van der Waals surface area contributed by atoms with Gasteiger partial charge in [-0.05, 0) is 38.3 Å². The van der Waals surface area contributed by atoms with Gasteiger partial charge in [-0.25, -0.2) is 9.50 Å². The first-order chi connectivity index (χ1) is 14.6. The molecule has 1 aliphatic heterocycles. The maximum atomic E-state index is 6.15. The third kappa shape index (κ3) is 3.88. The molecule has 1 fully saturated rings. The number of hydrogen-bond acceptors (Lipinski definition) is 7. The molecule has 158 valence electrons. The average Bonchev–Trinajstić information content (AvgIpc) is 3.17. The van der Waals surface area contributed by atoms with Crippen molar-refractivity contribution in [1.29, 1.82) is 0 Å². The fourth-order valence-corrected chi connectivity index (χ4v) is 3.99. The maximum Gasteiger partial charge on any atom is 0.138 e. The molecule has 0 bridgehead atoms. The normalized spacial score (nSPS) is 19.2. The van der Waals surface area contributed by atoms with Crippen LogP contribution in [0.5, 0.6) is 5.75 Å². The SMILES string of the molecule is C=NCc1cnn2cc(OCC)cc(-c3ccc(N4CC[C@@H](N)[C@H](OC)C4)nc3)c12. The van der Waals surface area contributed by atoms with E-state index in [0.717, 1.165) is 53.3 Å². The summed E-state index contributed by atoms with van der Waals surface area (Å²) in [5, 5.41) is 4.48. The Hall–Kier alpha value is -2.97. The molecule has 0 aromatic carbocycles. The standard InChI is InChI=1S/C22H28N6O2/c1-4-30-17-9-18(22-16(10-24-2)12-26-28(22)13-17)15-5-6-21(25-11-15)27-8-7-19(23)20(14-27)29-3/h5-6,9,11-13,19-20H,2,4,7-8,10,14,23H2,1,3H3/t19-,20-/m1/s1. The van der Waals surface area contributed by atoms with Crippen molar-refractivity contribution < 1.29 is 9.47 Å². The number of pyridine rings is 2. The minimum atomic E-state index is 0.0171. The number of fused-ring (bicyclic) bond motifs is 1. The lowest BCUT2D eigenvalue weighted by Gasteiger charge is -2.36. The highest BCUT2D eigenvalue weighted by Gasteiger charge is 2.27. The van der Waals surface area contributed by atoms with Gasteiger partial charge >= 0.3 is 0 Å². The molecule has 4 heterocycles.